The van der Waals surface area contributed by atoms with E-state index in [1.54, 1.807) is 0 Å². The second kappa shape index (κ2) is 4.47. The summed E-state index contributed by atoms with van der Waals surface area (Å²) >= 11 is 0. The van der Waals surface area contributed by atoms with E-state index in [1.807, 2.05) is 0 Å². The van der Waals surface area contributed by atoms with Gasteiger partial charge in [0, 0.05) is 18.4 Å². The molecule has 0 unspecified atom stereocenters. The van der Waals surface area contributed by atoms with Gasteiger partial charge in [-0.3, -0.25) is 0 Å². The van der Waals surface area contributed by atoms with Crippen LogP contribution < -0.4 is 15.2 Å². The van der Waals surface area contributed by atoms with E-state index in [0.29, 0.717) is 0 Å². The molecule has 18 heavy (non-hydrogen) atoms. The van der Waals surface area contributed by atoms with Crippen LogP contribution in [0, 0.1) is 6.92 Å². The van der Waals surface area contributed by atoms with E-state index < -0.39 is 0 Å². The Labute approximate surface area is 108 Å². The van der Waals surface area contributed by atoms with Gasteiger partial charge < -0.3 is 15.2 Å². The number of ether oxygens (including phenoxy) is 2. The van der Waals surface area contributed by atoms with Gasteiger partial charge in [-0.1, -0.05) is 12.5 Å². The van der Waals surface area contributed by atoms with Crippen LogP contribution in [0.2, 0.25) is 0 Å². The Kier molecular flexibility index (Phi) is 2.94. The third-order valence-corrected chi connectivity index (χ3v) is 4.35. The summed E-state index contributed by atoms with van der Waals surface area (Å²) in [5.74, 6) is 1.82. The van der Waals surface area contributed by atoms with E-state index in [0.717, 1.165) is 37.7 Å². The van der Waals surface area contributed by atoms with Crippen molar-refractivity contribution in [2.45, 2.75) is 38.0 Å². The van der Waals surface area contributed by atoms with Crippen LogP contribution in [-0.2, 0) is 5.41 Å². The average molecular weight is 247 g/mol. The molecular weight excluding hydrogens is 226 g/mol. The maximum Gasteiger partial charge on any atom is 0.164 e. The first-order valence-electron chi connectivity index (χ1n) is 6.86. The monoisotopic (exact) mass is 247 g/mol. The Bertz CT molecular complexity index is 447. The third kappa shape index (κ3) is 1.77. The van der Waals surface area contributed by atoms with Gasteiger partial charge in [-0.25, -0.2) is 0 Å². The van der Waals surface area contributed by atoms with Crippen LogP contribution in [0.25, 0.3) is 0 Å². The first kappa shape index (κ1) is 11.8. The van der Waals surface area contributed by atoms with E-state index in [4.69, 9.17) is 15.2 Å². The lowest BCUT2D eigenvalue weighted by atomic mass is 9.64. The molecule has 1 fully saturated rings. The van der Waals surface area contributed by atoms with Gasteiger partial charge in [0.1, 0.15) is 0 Å². The van der Waals surface area contributed by atoms with E-state index >= 15 is 0 Å². The molecule has 0 bridgehead atoms. The van der Waals surface area contributed by atoms with E-state index in [-0.39, 0.29) is 5.41 Å². The smallest absolute Gasteiger partial charge is 0.164 e. The molecule has 0 radical (unpaired) electrons. The van der Waals surface area contributed by atoms with Gasteiger partial charge in [0.25, 0.3) is 0 Å². The summed E-state index contributed by atoms with van der Waals surface area (Å²) in [6, 6.07) is 4.39. The van der Waals surface area contributed by atoms with Crippen molar-refractivity contribution in [3.8, 4) is 11.5 Å². The largest absolute Gasteiger partial charge is 0.490 e. The summed E-state index contributed by atoms with van der Waals surface area (Å²) in [5, 5.41) is 0. The highest BCUT2D eigenvalue weighted by molar-refractivity contribution is 5.51. The minimum atomic E-state index is 0.190. The molecular formula is C15H21NO2. The molecule has 1 aromatic rings. The van der Waals surface area contributed by atoms with Crippen LogP contribution in [0.5, 0.6) is 11.5 Å². The molecule has 0 aromatic heterocycles. The number of fused-ring (bicyclic) bond motifs is 1. The first-order valence-corrected chi connectivity index (χ1v) is 6.86. The van der Waals surface area contributed by atoms with Crippen molar-refractivity contribution in [1.82, 2.24) is 0 Å². The molecule has 1 heterocycles. The molecule has 0 saturated heterocycles. The van der Waals surface area contributed by atoms with Crippen LogP contribution in [-0.4, -0.2) is 19.8 Å². The third-order valence-electron chi connectivity index (χ3n) is 4.35. The van der Waals surface area contributed by atoms with Crippen LogP contribution in [0.4, 0.5) is 0 Å². The highest BCUT2D eigenvalue weighted by Crippen LogP contribution is 2.46. The molecule has 0 atom stereocenters. The zero-order valence-corrected chi connectivity index (χ0v) is 11.0. The molecule has 0 spiro atoms. The van der Waals surface area contributed by atoms with Crippen molar-refractivity contribution in [2.75, 3.05) is 19.8 Å². The molecule has 1 aromatic carbocycles. The van der Waals surface area contributed by atoms with E-state index in [9.17, 15) is 0 Å². The number of aryl methyl sites for hydroxylation is 1. The second-order valence-corrected chi connectivity index (χ2v) is 5.51. The number of hydrogen-bond acceptors (Lipinski definition) is 3. The van der Waals surface area contributed by atoms with Crippen molar-refractivity contribution in [3.63, 3.8) is 0 Å². The first-order chi connectivity index (χ1) is 8.75. The zero-order valence-electron chi connectivity index (χ0n) is 11.0. The molecule has 2 aliphatic rings. The highest BCUT2D eigenvalue weighted by atomic mass is 16.5. The Hall–Kier alpha value is -1.22. The summed E-state index contributed by atoms with van der Waals surface area (Å²) in [7, 11) is 0. The Morgan fingerprint density at radius 1 is 1.17 bits per heavy atom. The summed E-state index contributed by atoms with van der Waals surface area (Å²) in [6.07, 6.45) is 4.63. The van der Waals surface area contributed by atoms with Gasteiger partial charge >= 0.3 is 0 Å². The number of benzene rings is 1. The number of hydrogen-bond donors (Lipinski definition) is 1. The average Bonchev–Trinajstić information content (AvgIpc) is 2.54. The van der Waals surface area contributed by atoms with Gasteiger partial charge in [0.15, 0.2) is 11.5 Å². The quantitative estimate of drug-likeness (QED) is 0.873. The van der Waals surface area contributed by atoms with Gasteiger partial charge in [-0.15, -0.1) is 0 Å². The summed E-state index contributed by atoms with van der Waals surface area (Å²) < 4.78 is 11.6. The predicted octanol–water partition coefficient (Wildman–Crippen LogP) is 2.54. The van der Waals surface area contributed by atoms with E-state index in [1.165, 1.54) is 30.4 Å². The molecule has 1 aliphatic carbocycles. The minimum absolute atomic E-state index is 0.190. The second-order valence-electron chi connectivity index (χ2n) is 5.51. The zero-order chi connectivity index (χ0) is 12.6. The summed E-state index contributed by atoms with van der Waals surface area (Å²) in [4.78, 5) is 0. The number of nitrogens with two attached hydrogens (primary N) is 1. The predicted molar refractivity (Wildman–Crippen MR) is 71.4 cm³/mol. The standard InChI is InChI=1S/C15H21NO2/c1-11-8-12(15(10-16)4-2-5-15)9-13-14(11)18-7-3-6-17-13/h8-9H,2-7,10,16H2,1H3. The lowest BCUT2D eigenvalue weighted by Gasteiger charge is -2.42. The summed E-state index contributed by atoms with van der Waals surface area (Å²) in [6.45, 7) is 4.31. The van der Waals surface area contributed by atoms with Gasteiger partial charge in [-0.05, 0) is 37.0 Å². The highest BCUT2D eigenvalue weighted by Gasteiger charge is 2.38. The Morgan fingerprint density at radius 2 is 1.94 bits per heavy atom. The lowest BCUT2D eigenvalue weighted by Crippen LogP contribution is -2.41. The SMILES string of the molecule is Cc1cc(C2(CN)CCC2)cc2c1OCCCO2. The minimum Gasteiger partial charge on any atom is -0.490 e. The fraction of sp³-hybridized carbons (Fsp3) is 0.600. The van der Waals surface area contributed by atoms with Crippen LogP contribution >= 0.6 is 0 Å². The fourth-order valence-electron chi connectivity index (χ4n) is 2.97. The number of rotatable bonds is 2. The van der Waals surface area contributed by atoms with E-state index in [2.05, 4.69) is 19.1 Å². The Morgan fingerprint density at radius 3 is 2.61 bits per heavy atom. The molecule has 98 valence electrons. The van der Waals surface area contributed by atoms with Crippen molar-refractivity contribution >= 4 is 0 Å². The molecule has 3 rings (SSSR count). The fourth-order valence-corrected chi connectivity index (χ4v) is 2.97. The van der Waals surface area contributed by atoms with Gasteiger partial charge in [-0.2, -0.15) is 0 Å². The van der Waals surface area contributed by atoms with Crippen LogP contribution in [0.1, 0.15) is 36.8 Å². The van der Waals surface area contributed by atoms with Crippen molar-refractivity contribution in [1.29, 1.82) is 0 Å². The maximum absolute atomic E-state index is 5.99. The lowest BCUT2D eigenvalue weighted by molar-refractivity contribution is 0.251. The summed E-state index contributed by atoms with van der Waals surface area (Å²) in [5.41, 5.74) is 8.68. The molecule has 3 heteroatoms. The van der Waals surface area contributed by atoms with Crippen molar-refractivity contribution in [3.05, 3.63) is 23.3 Å². The molecule has 2 N–H and O–H groups in total. The normalized spacial score (nSPS) is 21.0. The van der Waals surface area contributed by atoms with Crippen LogP contribution in [0.3, 0.4) is 0 Å². The molecule has 3 nitrogen and oxygen atoms in total. The topological polar surface area (TPSA) is 44.5 Å². The van der Waals surface area contributed by atoms with Crippen molar-refractivity contribution < 1.29 is 9.47 Å². The van der Waals surface area contributed by atoms with Crippen molar-refractivity contribution in [2.24, 2.45) is 5.73 Å². The molecule has 1 aliphatic heterocycles. The van der Waals surface area contributed by atoms with Gasteiger partial charge in [0.2, 0.25) is 0 Å². The Balaban J connectivity index is 2.02. The van der Waals surface area contributed by atoms with Crippen LogP contribution in [0.15, 0.2) is 12.1 Å². The molecule has 1 saturated carbocycles. The maximum atomic E-state index is 5.99. The molecule has 0 amide bonds. The van der Waals surface area contributed by atoms with Gasteiger partial charge in [0.05, 0.1) is 13.2 Å².